The van der Waals surface area contributed by atoms with Gasteiger partial charge in [-0.25, -0.2) is 4.98 Å². The summed E-state index contributed by atoms with van der Waals surface area (Å²) in [5, 5.41) is 9.37. The zero-order valence-electron chi connectivity index (χ0n) is 8.19. The molecule has 1 aromatic rings. The Bertz CT molecular complexity index is 381. The highest BCUT2D eigenvalue weighted by atomic mass is 35.5. The summed E-state index contributed by atoms with van der Waals surface area (Å²) >= 11 is 5.79. The van der Waals surface area contributed by atoms with Crippen molar-refractivity contribution in [2.45, 2.75) is 25.2 Å². The number of carbonyl (C=O) groups is 1. The van der Waals surface area contributed by atoms with Crippen LogP contribution in [0.5, 0.6) is 0 Å². The first-order valence-electron chi connectivity index (χ1n) is 5.01. The molecule has 0 radical (unpaired) electrons. The van der Waals surface area contributed by atoms with E-state index in [1.807, 2.05) is 12.1 Å². The Hall–Kier alpha value is -1.09. The largest absolute Gasteiger partial charge is 0.481 e. The van der Waals surface area contributed by atoms with E-state index in [4.69, 9.17) is 16.7 Å². The van der Waals surface area contributed by atoms with Crippen LogP contribution in [0.15, 0.2) is 18.3 Å². The molecule has 0 aliphatic heterocycles. The average Bonchev–Trinajstić information content (AvgIpc) is 2.66. The van der Waals surface area contributed by atoms with Crippen LogP contribution in [-0.4, -0.2) is 16.1 Å². The highest BCUT2D eigenvalue weighted by Crippen LogP contribution is 2.38. The highest BCUT2D eigenvalue weighted by molar-refractivity contribution is 6.29. The van der Waals surface area contributed by atoms with Gasteiger partial charge in [0.05, 0.1) is 5.92 Å². The molecule has 15 heavy (non-hydrogen) atoms. The van der Waals surface area contributed by atoms with Crippen molar-refractivity contribution in [3.8, 4) is 0 Å². The Kier molecular flexibility index (Phi) is 2.91. The van der Waals surface area contributed by atoms with Gasteiger partial charge in [0.15, 0.2) is 0 Å². The van der Waals surface area contributed by atoms with Crippen LogP contribution in [0.4, 0.5) is 0 Å². The molecule has 1 N–H and O–H groups in total. The second-order valence-corrected chi connectivity index (χ2v) is 4.34. The monoisotopic (exact) mass is 225 g/mol. The van der Waals surface area contributed by atoms with Crippen LogP contribution in [0.3, 0.4) is 0 Å². The molecule has 0 aromatic carbocycles. The number of hydrogen-bond acceptors (Lipinski definition) is 2. The SMILES string of the molecule is O=C(O)C1CCC(c2ccnc(Cl)c2)C1. The summed E-state index contributed by atoms with van der Waals surface area (Å²) in [6, 6.07) is 3.75. The number of aromatic nitrogens is 1. The zero-order chi connectivity index (χ0) is 10.8. The Labute approximate surface area is 93.1 Å². The number of rotatable bonds is 2. The van der Waals surface area contributed by atoms with Crippen molar-refractivity contribution >= 4 is 17.6 Å². The summed E-state index contributed by atoms with van der Waals surface area (Å²) < 4.78 is 0. The summed E-state index contributed by atoms with van der Waals surface area (Å²) in [6.45, 7) is 0. The number of aliphatic carboxylic acids is 1. The second-order valence-electron chi connectivity index (χ2n) is 3.96. The Balaban J connectivity index is 2.11. The van der Waals surface area contributed by atoms with E-state index in [2.05, 4.69) is 4.98 Å². The van der Waals surface area contributed by atoms with Gasteiger partial charge in [0.1, 0.15) is 5.15 Å². The van der Waals surface area contributed by atoms with Gasteiger partial charge in [-0.1, -0.05) is 11.6 Å². The van der Waals surface area contributed by atoms with Gasteiger partial charge < -0.3 is 5.11 Å². The summed E-state index contributed by atoms with van der Waals surface area (Å²) in [5.74, 6) is -0.550. The first-order valence-corrected chi connectivity index (χ1v) is 5.39. The molecule has 1 aromatic heterocycles. The summed E-state index contributed by atoms with van der Waals surface area (Å²) in [4.78, 5) is 14.7. The maximum atomic E-state index is 10.8. The molecule has 4 heteroatoms. The fraction of sp³-hybridized carbons (Fsp3) is 0.455. The van der Waals surface area contributed by atoms with Crippen LogP contribution in [0, 0.1) is 5.92 Å². The zero-order valence-corrected chi connectivity index (χ0v) is 8.94. The molecular formula is C11H12ClNO2. The maximum absolute atomic E-state index is 10.8. The number of carboxylic acids is 1. The lowest BCUT2D eigenvalue weighted by molar-refractivity contribution is -0.141. The molecular weight excluding hydrogens is 214 g/mol. The van der Waals surface area contributed by atoms with Crippen molar-refractivity contribution in [2.24, 2.45) is 5.92 Å². The minimum Gasteiger partial charge on any atom is -0.481 e. The Morgan fingerprint density at radius 2 is 2.33 bits per heavy atom. The lowest BCUT2D eigenvalue weighted by atomic mass is 9.97. The van der Waals surface area contributed by atoms with Gasteiger partial charge in [0, 0.05) is 6.20 Å². The highest BCUT2D eigenvalue weighted by Gasteiger charge is 2.30. The average molecular weight is 226 g/mol. The Morgan fingerprint density at radius 3 is 2.93 bits per heavy atom. The minimum atomic E-state index is -0.683. The van der Waals surface area contributed by atoms with Crippen LogP contribution >= 0.6 is 11.6 Å². The fourth-order valence-corrected chi connectivity index (χ4v) is 2.36. The van der Waals surface area contributed by atoms with E-state index in [1.165, 1.54) is 0 Å². The quantitative estimate of drug-likeness (QED) is 0.788. The predicted octanol–water partition coefficient (Wildman–Crippen LogP) is 2.70. The molecule has 1 aliphatic carbocycles. The van der Waals surface area contributed by atoms with Gasteiger partial charge in [-0.2, -0.15) is 0 Å². The van der Waals surface area contributed by atoms with E-state index in [-0.39, 0.29) is 5.92 Å². The van der Waals surface area contributed by atoms with Crippen molar-refractivity contribution in [1.82, 2.24) is 4.98 Å². The van der Waals surface area contributed by atoms with E-state index in [1.54, 1.807) is 6.20 Å². The van der Waals surface area contributed by atoms with E-state index in [9.17, 15) is 4.79 Å². The lowest BCUT2D eigenvalue weighted by Crippen LogP contribution is -2.09. The van der Waals surface area contributed by atoms with Crippen LogP contribution in [-0.2, 0) is 4.79 Å². The second kappa shape index (κ2) is 4.19. The summed E-state index contributed by atoms with van der Waals surface area (Å²) in [6.07, 6.45) is 4.08. The number of nitrogens with zero attached hydrogens (tertiary/aromatic N) is 1. The molecule has 1 aliphatic rings. The van der Waals surface area contributed by atoms with E-state index < -0.39 is 5.97 Å². The maximum Gasteiger partial charge on any atom is 0.306 e. The number of halogens is 1. The van der Waals surface area contributed by atoms with Gasteiger partial charge in [0.2, 0.25) is 0 Å². The van der Waals surface area contributed by atoms with Crippen molar-refractivity contribution in [2.75, 3.05) is 0 Å². The molecule has 1 heterocycles. The van der Waals surface area contributed by atoms with Gasteiger partial charge in [-0.15, -0.1) is 0 Å². The number of hydrogen-bond donors (Lipinski definition) is 1. The molecule has 1 saturated carbocycles. The molecule has 2 rings (SSSR count). The molecule has 0 bridgehead atoms. The van der Waals surface area contributed by atoms with Gasteiger partial charge in [0.25, 0.3) is 0 Å². The first-order chi connectivity index (χ1) is 7.16. The van der Waals surface area contributed by atoms with Gasteiger partial charge in [-0.05, 0) is 42.9 Å². The molecule has 1 fully saturated rings. The topological polar surface area (TPSA) is 50.2 Å². The van der Waals surface area contributed by atoms with Crippen molar-refractivity contribution in [3.63, 3.8) is 0 Å². The van der Waals surface area contributed by atoms with E-state index >= 15 is 0 Å². The molecule has 0 saturated heterocycles. The lowest BCUT2D eigenvalue weighted by Gasteiger charge is -2.09. The van der Waals surface area contributed by atoms with Crippen molar-refractivity contribution in [3.05, 3.63) is 29.0 Å². The van der Waals surface area contributed by atoms with E-state index in [0.717, 1.165) is 24.8 Å². The first kappa shape index (κ1) is 10.4. The number of pyridine rings is 1. The van der Waals surface area contributed by atoms with Crippen LogP contribution < -0.4 is 0 Å². The van der Waals surface area contributed by atoms with Crippen molar-refractivity contribution in [1.29, 1.82) is 0 Å². The molecule has 0 spiro atoms. The van der Waals surface area contributed by atoms with Crippen LogP contribution in [0.25, 0.3) is 0 Å². The van der Waals surface area contributed by atoms with E-state index in [0.29, 0.717) is 11.1 Å². The molecule has 2 atom stereocenters. The third-order valence-electron chi connectivity index (χ3n) is 3.00. The molecule has 3 nitrogen and oxygen atoms in total. The minimum absolute atomic E-state index is 0.193. The molecule has 2 unspecified atom stereocenters. The Morgan fingerprint density at radius 1 is 1.53 bits per heavy atom. The number of carboxylic acid groups (broad SMARTS) is 1. The van der Waals surface area contributed by atoms with Crippen LogP contribution in [0.1, 0.15) is 30.7 Å². The summed E-state index contributed by atoms with van der Waals surface area (Å²) in [7, 11) is 0. The predicted molar refractivity (Wildman–Crippen MR) is 57.0 cm³/mol. The fourth-order valence-electron chi connectivity index (χ4n) is 2.18. The standard InChI is InChI=1S/C11H12ClNO2/c12-10-6-8(3-4-13-10)7-1-2-9(5-7)11(14)15/h3-4,6-7,9H,1-2,5H2,(H,14,15). The molecule has 80 valence electrons. The third-order valence-corrected chi connectivity index (χ3v) is 3.21. The smallest absolute Gasteiger partial charge is 0.306 e. The summed E-state index contributed by atoms with van der Waals surface area (Å²) in [5.41, 5.74) is 1.11. The van der Waals surface area contributed by atoms with Crippen molar-refractivity contribution < 1.29 is 9.90 Å². The normalized spacial score (nSPS) is 25.4. The van der Waals surface area contributed by atoms with Crippen LogP contribution in [0.2, 0.25) is 5.15 Å². The molecule has 0 amide bonds. The van der Waals surface area contributed by atoms with Gasteiger partial charge in [-0.3, -0.25) is 4.79 Å². The van der Waals surface area contributed by atoms with Gasteiger partial charge >= 0.3 is 5.97 Å². The third kappa shape index (κ3) is 2.29.